The highest BCUT2D eigenvalue weighted by molar-refractivity contribution is 7.89. The maximum absolute atomic E-state index is 12.7. The number of fused-ring (bicyclic) bond motifs is 1. The van der Waals surface area contributed by atoms with E-state index < -0.39 is 10.0 Å². The quantitative estimate of drug-likeness (QED) is 0.875. The molecule has 7 heteroatoms. The number of benzene rings is 1. The van der Waals surface area contributed by atoms with Crippen molar-refractivity contribution >= 4 is 10.0 Å². The molecule has 20 heavy (non-hydrogen) atoms. The fraction of sp³-hybridized carbons (Fsp3) is 0.538. The predicted molar refractivity (Wildman–Crippen MR) is 73.4 cm³/mol. The zero-order valence-corrected chi connectivity index (χ0v) is 11.9. The van der Waals surface area contributed by atoms with Gasteiger partial charge in [-0.2, -0.15) is 4.31 Å². The van der Waals surface area contributed by atoms with Gasteiger partial charge in [-0.15, -0.1) is 0 Å². The first-order valence-electron chi connectivity index (χ1n) is 6.72. The summed E-state index contributed by atoms with van der Waals surface area (Å²) < 4.78 is 37.9. The van der Waals surface area contributed by atoms with Crippen molar-refractivity contribution in [1.82, 2.24) is 4.31 Å². The largest absolute Gasteiger partial charge is 0.486 e. The first kappa shape index (κ1) is 13.7. The molecule has 1 unspecified atom stereocenters. The lowest BCUT2D eigenvalue weighted by atomic mass is 10.1. The minimum absolute atomic E-state index is 0.187. The van der Waals surface area contributed by atoms with Gasteiger partial charge in [0.05, 0.1) is 0 Å². The monoisotopic (exact) mass is 298 g/mol. The number of sulfonamides is 1. The Labute approximate surface area is 118 Å². The van der Waals surface area contributed by atoms with Crippen molar-refractivity contribution in [2.75, 3.05) is 32.8 Å². The highest BCUT2D eigenvalue weighted by atomic mass is 32.2. The molecular formula is C13H18N2O4S. The molecule has 0 amide bonds. The molecule has 3 rings (SSSR count). The molecule has 0 bridgehead atoms. The molecule has 110 valence electrons. The number of nitrogens with two attached hydrogens (primary N) is 1. The van der Waals surface area contributed by atoms with Gasteiger partial charge in [0.15, 0.2) is 11.5 Å². The Morgan fingerprint density at radius 1 is 1.30 bits per heavy atom. The van der Waals surface area contributed by atoms with E-state index in [2.05, 4.69) is 0 Å². The second kappa shape index (κ2) is 5.23. The summed E-state index contributed by atoms with van der Waals surface area (Å²) in [6, 6.07) is 4.97. The summed E-state index contributed by atoms with van der Waals surface area (Å²) in [5.74, 6) is 1.06. The van der Waals surface area contributed by atoms with Gasteiger partial charge in [-0.05, 0) is 31.0 Å². The van der Waals surface area contributed by atoms with Gasteiger partial charge in [-0.3, -0.25) is 0 Å². The second-order valence-electron chi connectivity index (χ2n) is 5.03. The fourth-order valence-electron chi connectivity index (χ4n) is 2.60. The summed E-state index contributed by atoms with van der Waals surface area (Å²) in [7, 11) is -3.55. The minimum Gasteiger partial charge on any atom is -0.486 e. The zero-order chi connectivity index (χ0) is 14.2. The third-order valence-electron chi connectivity index (χ3n) is 3.73. The molecule has 2 N–H and O–H groups in total. The van der Waals surface area contributed by atoms with E-state index in [9.17, 15) is 8.42 Å². The van der Waals surface area contributed by atoms with Crippen LogP contribution >= 0.6 is 0 Å². The molecule has 0 aromatic heterocycles. The summed E-state index contributed by atoms with van der Waals surface area (Å²) in [4.78, 5) is 0.187. The van der Waals surface area contributed by atoms with E-state index in [1.807, 2.05) is 0 Å². The number of hydrogen-bond donors (Lipinski definition) is 1. The standard InChI is InChI=1S/C13H18N2O4S/c14-8-10-4-5-15(9-10)20(16,17)12-3-1-2-11-13(12)19-7-6-18-11/h1-3,10H,4-9,14H2. The van der Waals surface area contributed by atoms with Crippen LogP contribution in [0.5, 0.6) is 11.5 Å². The van der Waals surface area contributed by atoms with Crippen molar-refractivity contribution in [3.05, 3.63) is 18.2 Å². The summed E-state index contributed by atoms with van der Waals surface area (Å²) in [6.07, 6.45) is 0.808. The van der Waals surface area contributed by atoms with Gasteiger partial charge in [0.1, 0.15) is 18.1 Å². The Kier molecular flexibility index (Phi) is 3.57. The van der Waals surface area contributed by atoms with Crippen LogP contribution in [-0.4, -0.2) is 45.6 Å². The van der Waals surface area contributed by atoms with Crippen LogP contribution in [0.15, 0.2) is 23.1 Å². The van der Waals surface area contributed by atoms with Crippen LogP contribution in [0, 0.1) is 5.92 Å². The van der Waals surface area contributed by atoms with Crippen molar-refractivity contribution in [1.29, 1.82) is 0 Å². The molecule has 1 atom stereocenters. The van der Waals surface area contributed by atoms with Gasteiger partial charge < -0.3 is 15.2 Å². The van der Waals surface area contributed by atoms with Gasteiger partial charge in [-0.25, -0.2) is 8.42 Å². The minimum atomic E-state index is -3.55. The SMILES string of the molecule is NCC1CCN(S(=O)(=O)c2cccc3c2OCCO3)C1. The van der Waals surface area contributed by atoms with Crippen LogP contribution < -0.4 is 15.2 Å². The lowest BCUT2D eigenvalue weighted by Crippen LogP contribution is -2.31. The van der Waals surface area contributed by atoms with Crippen LogP contribution in [0.25, 0.3) is 0 Å². The molecule has 0 saturated carbocycles. The predicted octanol–water partition coefficient (Wildman–Crippen LogP) is 0.427. The Balaban J connectivity index is 1.96. The number of para-hydroxylation sites is 1. The van der Waals surface area contributed by atoms with Crippen molar-refractivity contribution in [3.8, 4) is 11.5 Å². The maximum Gasteiger partial charge on any atom is 0.246 e. The van der Waals surface area contributed by atoms with Crippen LogP contribution in [-0.2, 0) is 10.0 Å². The van der Waals surface area contributed by atoms with Gasteiger partial charge >= 0.3 is 0 Å². The second-order valence-corrected chi connectivity index (χ2v) is 6.94. The Hall–Kier alpha value is -1.31. The molecule has 6 nitrogen and oxygen atoms in total. The molecule has 1 aromatic carbocycles. The van der Waals surface area contributed by atoms with Crippen molar-refractivity contribution in [3.63, 3.8) is 0 Å². The Morgan fingerprint density at radius 3 is 2.85 bits per heavy atom. The lowest BCUT2D eigenvalue weighted by molar-refractivity contribution is 0.166. The first-order valence-corrected chi connectivity index (χ1v) is 8.16. The Bertz CT molecular complexity index is 602. The topological polar surface area (TPSA) is 81.9 Å². The Morgan fingerprint density at radius 2 is 2.10 bits per heavy atom. The third kappa shape index (κ3) is 2.25. The van der Waals surface area contributed by atoms with Crippen molar-refractivity contribution < 1.29 is 17.9 Å². The third-order valence-corrected chi connectivity index (χ3v) is 5.62. The highest BCUT2D eigenvalue weighted by Crippen LogP contribution is 2.38. The molecule has 1 saturated heterocycles. The zero-order valence-electron chi connectivity index (χ0n) is 11.1. The molecule has 1 fully saturated rings. The van der Waals surface area contributed by atoms with E-state index in [4.69, 9.17) is 15.2 Å². The number of rotatable bonds is 3. The van der Waals surface area contributed by atoms with Crippen LogP contribution in [0.3, 0.4) is 0 Å². The molecule has 0 aliphatic carbocycles. The van der Waals surface area contributed by atoms with Crippen LogP contribution in [0.2, 0.25) is 0 Å². The van der Waals surface area contributed by atoms with Crippen LogP contribution in [0.1, 0.15) is 6.42 Å². The molecule has 0 radical (unpaired) electrons. The van der Waals surface area contributed by atoms with Gasteiger partial charge in [0, 0.05) is 13.1 Å². The van der Waals surface area contributed by atoms with E-state index in [0.717, 1.165) is 6.42 Å². The van der Waals surface area contributed by atoms with E-state index in [1.165, 1.54) is 4.31 Å². The maximum atomic E-state index is 12.7. The summed E-state index contributed by atoms with van der Waals surface area (Å²) in [6.45, 7) is 2.30. The van der Waals surface area contributed by atoms with E-state index in [-0.39, 0.29) is 10.8 Å². The van der Waals surface area contributed by atoms with E-state index in [1.54, 1.807) is 18.2 Å². The molecule has 2 aliphatic rings. The van der Waals surface area contributed by atoms with Gasteiger partial charge in [-0.1, -0.05) is 6.07 Å². The number of nitrogens with zero attached hydrogens (tertiary/aromatic N) is 1. The summed E-state index contributed by atoms with van der Waals surface area (Å²) >= 11 is 0. The normalized spacial score (nSPS) is 22.9. The molecule has 0 spiro atoms. The number of hydrogen-bond acceptors (Lipinski definition) is 5. The summed E-state index contributed by atoms with van der Waals surface area (Å²) in [5, 5.41) is 0. The van der Waals surface area contributed by atoms with Crippen molar-refractivity contribution in [2.45, 2.75) is 11.3 Å². The molecule has 2 heterocycles. The van der Waals surface area contributed by atoms with E-state index >= 15 is 0 Å². The number of ether oxygens (including phenoxy) is 2. The smallest absolute Gasteiger partial charge is 0.246 e. The molecule has 2 aliphatic heterocycles. The fourth-order valence-corrected chi connectivity index (χ4v) is 4.27. The average Bonchev–Trinajstić information content (AvgIpc) is 2.96. The average molecular weight is 298 g/mol. The van der Waals surface area contributed by atoms with Crippen molar-refractivity contribution in [2.24, 2.45) is 11.7 Å². The van der Waals surface area contributed by atoms with Gasteiger partial charge in [0.2, 0.25) is 10.0 Å². The van der Waals surface area contributed by atoms with Crippen LogP contribution in [0.4, 0.5) is 0 Å². The highest BCUT2D eigenvalue weighted by Gasteiger charge is 2.35. The summed E-state index contributed by atoms with van der Waals surface area (Å²) in [5.41, 5.74) is 5.62. The van der Waals surface area contributed by atoms with Gasteiger partial charge in [0.25, 0.3) is 0 Å². The lowest BCUT2D eigenvalue weighted by Gasteiger charge is -2.23. The first-order chi connectivity index (χ1) is 9.63. The van der Waals surface area contributed by atoms with E-state index in [0.29, 0.717) is 44.3 Å². The molecule has 1 aromatic rings. The molecular weight excluding hydrogens is 280 g/mol.